The second kappa shape index (κ2) is 8.44. The van der Waals surface area contributed by atoms with Crippen molar-refractivity contribution in [3.8, 4) is 11.3 Å². The minimum atomic E-state index is -0.195. The number of nitrogens with zero attached hydrogens (tertiary/aromatic N) is 3. The standard InChI is InChI=1S/C20H19Cl2N3O3S/c1-11-18(12(2)28-24-11)19(26)25(9-14-4-3-7-27-14)20-23-17(10-29-20)15-6-5-13(21)8-16(15)22/h5-6,8,10,14H,3-4,7,9H2,1-2H3/t14-/m0/s1. The minimum absolute atomic E-state index is 0.0223. The van der Waals surface area contributed by atoms with Gasteiger partial charge in [-0.3, -0.25) is 9.69 Å². The van der Waals surface area contributed by atoms with E-state index < -0.39 is 0 Å². The summed E-state index contributed by atoms with van der Waals surface area (Å²) in [6, 6.07) is 5.27. The zero-order chi connectivity index (χ0) is 20.5. The molecule has 29 heavy (non-hydrogen) atoms. The Kier molecular flexibility index (Phi) is 5.92. The molecule has 0 N–H and O–H groups in total. The Balaban J connectivity index is 1.69. The second-order valence-electron chi connectivity index (χ2n) is 6.89. The first kappa shape index (κ1) is 20.3. The van der Waals surface area contributed by atoms with Crippen molar-refractivity contribution in [2.45, 2.75) is 32.8 Å². The van der Waals surface area contributed by atoms with E-state index in [9.17, 15) is 4.79 Å². The predicted octanol–water partition coefficient (Wildman–Crippen LogP) is 5.55. The normalized spacial score (nSPS) is 16.3. The molecule has 6 nitrogen and oxygen atoms in total. The van der Waals surface area contributed by atoms with E-state index in [1.54, 1.807) is 30.9 Å². The number of rotatable bonds is 5. The average Bonchev–Trinajstić information content (AvgIpc) is 3.41. The molecule has 0 bridgehead atoms. The maximum absolute atomic E-state index is 13.4. The van der Waals surface area contributed by atoms with Gasteiger partial charge in [0.15, 0.2) is 5.13 Å². The molecule has 1 aliphatic rings. The van der Waals surface area contributed by atoms with Crippen LogP contribution >= 0.6 is 34.5 Å². The summed E-state index contributed by atoms with van der Waals surface area (Å²) in [7, 11) is 0. The molecule has 4 rings (SSSR count). The first-order valence-corrected chi connectivity index (χ1v) is 10.8. The lowest BCUT2D eigenvalue weighted by molar-refractivity contribution is 0.0915. The van der Waals surface area contributed by atoms with Crippen molar-refractivity contribution in [1.82, 2.24) is 10.1 Å². The van der Waals surface area contributed by atoms with Crippen LogP contribution in [0.4, 0.5) is 5.13 Å². The fourth-order valence-electron chi connectivity index (χ4n) is 3.37. The van der Waals surface area contributed by atoms with Crippen molar-refractivity contribution in [2.24, 2.45) is 0 Å². The first-order valence-electron chi connectivity index (χ1n) is 9.21. The lowest BCUT2D eigenvalue weighted by Gasteiger charge is -2.23. The van der Waals surface area contributed by atoms with Gasteiger partial charge >= 0.3 is 0 Å². The summed E-state index contributed by atoms with van der Waals surface area (Å²) < 4.78 is 11.0. The number of aromatic nitrogens is 2. The third-order valence-electron chi connectivity index (χ3n) is 4.83. The molecular weight excluding hydrogens is 433 g/mol. The number of halogens is 2. The Bertz CT molecular complexity index is 1020. The van der Waals surface area contributed by atoms with Crippen LogP contribution in [0.15, 0.2) is 28.1 Å². The van der Waals surface area contributed by atoms with Gasteiger partial charge in [0.2, 0.25) is 0 Å². The van der Waals surface area contributed by atoms with E-state index in [0.717, 1.165) is 18.4 Å². The summed E-state index contributed by atoms with van der Waals surface area (Å²) in [5.74, 6) is 0.294. The molecule has 1 atom stereocenters. The topological polar surface area (TPSA) is 68.5 Å². The number of amides is 1. The van der Waals surface area contributed by atoms with Crippen molar-refractivity contribution in [3.05, 3.63) is 50.6 Å². The fraction of sp³-hybridized carbons (Fsp3) is 0.350. The van der Waals surface area contributed by atoms with E-state index in [1.165, 1.54) is 11.3 Å². The molecular formula is C20H19Cl2N3O3S. The van der Waals surface area contributed by atoms with Gasteiger partial charge in [-0.25, -0.2) is 4.98 Å². The molecule has 1 aliphatic heterocycles. The summed E-state index contributed by atoms with van der Waals surface area (Å²) >= 11 is 13.7. The van der Waals surface area contributed by atoms with E-state index in [1.807, 2.05) is 11.4 Å². The molecule has 3 aromatic rings. The SMILES string of the molecule is Cc1noc(C)c1C(=O)N(C[C@@H]1CCCO1)c1nc(-c2ccc(Cl)cc2Cl)cs1. The van der Waals surface area contributed by atoms with E-state index >= 15 is 0 Å². The van der Waals surface area contributed by atoms with Gasteiger partial charge in [0.05, 0.1) is 29.1 Å². The number of carbonyl (C=O) groups is 1. The number of aryl methyl sites for hydroxylation is 2. The number of anilines is 1. The molecule has 0 saturated carbocycles. The molecule has 2 aromatic heterocycles. The zero-order valence-electron chi connectivity index (χ0n) is 15.9. The van der Waals surface area contributed by atoms with Crippen LogP contribution in [0.3, 0.4) is 0 Å². The fourth-order valence-corrected chi connectivity index (χ4v) is 4.71. The smallest absolute Gasteiger partial charge is 0.265 e. The van der Waals surface area contributed by atoms with Gasteiger partial charge in [0.25, 0.3) is 5.91 Å². The van der Waals surface area contributed by atoms with Gasteiger partial charge in [-0.1, -0.05) is 28.4 Å². The van der Waals surface area contributed by atoms with Crippen LogP contribution in [0.1, 0.15) is 34.7 Å². The largest absolute Gasteiger partial charge is 0.376 e. The molecule has 1 amide bonds. The number of hydrogen-bond donors (Lipinski definition) is 0. The lowest BCUT2D eigenvalue weighted by atomic mass is 10.1. The minimum Gasteiger partial charge on any atom is -0.376 e. The predicted molar refractivity (Wildman–Crippen MR) is 114 cm³/mol. The Morgan fingerprint density at radius 2 is 2.17 bits per heavy atom. The maximum atomic E-state index is 13.4. The molecule has 1 fully saturated rings. The third kappa shape index (κ3) is 4.19. The van der Waals surface area contributed by atoms with Crippen LogP contribution in [0, 0.1) is 13.8 Å². The molecule has 1 saturated heterocycles. The van der Waals surface area contributed by atoms with Gasteiger partial charge in [0, 0.05) is 22.6 Å². The Hall–Kier alpha value is -1.93. The lowest BCUT2D eigenvalue weighted by Crippen LogP contribution is -2.38. The third-order valence-corrected chi connectivity index (χ3v) is 6.24. The Morgan fingerprint density at radius 3 is 2.83 bits per heavy atom. The van der Waals surface area contributed by atoms with Crippen molar-refractivity contribution in [2.75, 3.05) is 18.1 Å². The molecule has 0 aliphatic carbocycles. The van der Waals surface area contributed by atoms with Gasteiger partial charge in [-0.2, -0.15) is 0 Å². The highest BCUT2D eigenvalue weighted by atomic mass is 35.5. The van der Waals surface area contributed by atoms with Crippen molar-refractivity contribution < 1.29 is 14.1 Å². The maximum Gasteiger partial charge on any atom is 0.265 e. The summed E-state index contributed by atoms with van der Waals surface area (Å²) in [5, 5.41) is 7.44. The van der Waals surface area contributed by atoms with Crippen molar-refractivity contribution >= 4 is 45.6 Å². The monoisotopic (exact) mass is 451 g/mol. The number of hydrogen-bond acceptors (Lipinski definition) is 6. The highest BCUT2D eigenvalue weighted by Gasteiger charge is 2.30. The molecule has 0 unspecified atom stereocenters. The molecule has 9 heteroatoms. The Morgan fingerprint density at radius 1 is 1.34 bits per heavy atom. The van der Waals surface area contributed by atoms with Gasteiger partial charge in [-0.05, 0) is 44.9 Å². The quantitative estimate of drug-likeness (QED) is 0.508. The number of thiazole rings is 1. The van der Waals surface area contributed by atoms with Crippen LogP contribution in [-0.4, -0.2) is 35.3 Å². The van der Waals surface area contributed by atoms with E-state index in [2.05, 4.69) is 5.16 Å². The molecule has 1 aromatic carbocycles. The summed E-state index contributed by atoms with van der Waals surface area (Å²) in [4.78, 5) is 19.7. The van der Waals surface area contributed by atoms with Gasteiger partial charge in [0.1, 0.15) is 11.3 Å². The van der Waals surface area contributed by atoms with Crippen LogP contribution < -0.4 is 4.90 Å². The number of ether oxygens (including phenoxy) is 1. The number of carbonyl (C=O) groups excluding carboxylic acids is 1. The van der Waals surface area contributed by atoms with Crippen LogP contribution in [0.25, 0.3) is 11.3 Å². The molecule has 3 heterocycles. The van der Waals surface area contributed by atoms with Crippen molar-refractivity contribution in [1.29, 1.82) is 0 Å². The van der Waals surface area contributed by atoms with Gasteiger partial charge in [-0.15, -0.1) is 11.3 Å². The summed E-state index contributed by atoms with van der Waals surface area (Å²) in [6.07, 6.45) is 1.87. The Labute approximate surface area is 182 Å². The van der Waals surface area contributed by atoms with Crippen LogP contribution in [0.2, 0.25) is 10.0 Å². The van der Waals surface area contributed by atoms with Crippen molar-refractivity contribution in [3.63, 3.8) is 0 Å². The highest BCUT2D eigenvalue weighted by molar-refractivity contribution is 7.14. The van der Waals surface area contributed by atoms with Crippen LogP contribution in [-0.2, 0) is 4.74 Å². The van der Waals surface area contributed by atoms with E-state index in [0.29, 0.717) is 51.0 Å². The summed E-state index contributed by atoms with van der Waals surface area (Å²) in [5.41, 5.74) is 2.47. The van der Waals surface area contributed by atoms with Crippen LogP contribution in [0.5, 0.6) is 0 Å². The molecule has 0 radical (unpaired) electrons. The van der Waals surface area contributed by atoms with E-state index in [-0.39, 0.29) is 12.0 Å². The number of benzene rings is 1. The van der Waals surface area contributed by atoms with Gasteiger partial charge < -0.3 is 9.26 Å². The average molecular weight is 452 g/mol. The zero-order valence-corrected chi connectivity index (χ0v) is 18.3. The molecule has 152 valence electrons. The highest BCUT2D eigenvalue weighted by Crippen LogP contribution is 2.34. The van der Waals surface area contributed by atoms with E-state index in [4.69, 9.17) is 37.4 Å². The second-order valence-corrected chi connectivity index (χ2v) is 8.57. The summed E-state index contributed by atoms with van der Waals surface area (Å²) in [6.45, 7) is 4.62. The molecule has 0 spiro atoms. The first-order chi connectivity index (χ1) is 13.9.